The Hall–Kier alpha value is -2.58. The highest BCUT2D eigenvalue weighted by atomic mass is 35.5. The fourth-order valence-corrected chi connectivity index (χ4v) is 5.88. The van der Waals surface area contributed by atoms with Crippen LogP contribution in [0.1, 0.15) is 70.9 Å². The molecule has 0 bridgehead atoms. The van der Waals surface area contributed by atoms with Crippen LogP contribution in [0, 0.1) is 0 Å². The number of hydrogen-bond acceptors (Lipinski definition) is 4. The molecule has 2 aromatic rings. The quantitative estimate of drug-likeness (QED) is 0.428. The van der Waals surface area contributed by atoms with Crippen LogP contribution < -0.4 is 9.62 Å². The van der Waals surface area contributed by atoms with Gasteiger partial charge in [0.25, 0.3) is 0 Å². The van der Waals surface area contributed by atoms with Crippen molar-refractivity contribution < 1.29 is 18.0 Å². The maximum atomic E-state index is 13.9. The second-order valence-corrected chi connectivity index (χ2v) is 13.4. The van der Waals surface area contributed by atoms with E-state index in [9.17, 15) is 18.0 Å². The topological polar surface area (TPSA) is 86.8 Å². The number of halogens is 1. The number of carbonyl (C=O) groups is 2. The lowest BCUT2D eigenvalue weighted by Gasteiger charge is -2.33. The van der Waals surface area contributed by atoms with Crippen LogP contribution in [-0.2, 0) is 31.6 Å². The van der Waals surface area contributed by atoms with Gasteiger partial charge in [-0.2, -0.15) is 0 Å². The maximum Gasteiger partial charge on any atom is 0.244 e. The Labute approximate surface area is 232 Å². The average Bonchev–Trinajstić information content (AvgIpc) is 3.35. The highest BCUT2D eigenvalue weighted by molar-refractivity contribution is 7.92. The van der Waals surface area contributed by atoms with E-state index in [1.807, 2.05) is 31.2 Å². The molecule has 1 N–H and O–H groups in total. The Kier molecular flexibility index (Phi) is 9.87. The molecule has 0 saturated heterocycles. The van der Waals surface area contributed by atoms with Gasteiger partial charge in [-0.3, -0.25) is 13.9 Å². The van der Waals surface area contributed by atoms with Gasteiger partial charge in [-0.15, -0.1) is 0 Å². The van der Waals surface area contributed by atoms with E-state index in [2.05, 4.69) is 26.1 Å². The van der Waals surface area contributed by atoms with Gasteiger partial charge in [-0.1, -0.05) is 82.5 Å². The second kappa shape index (κ2) is 12.5. The van der Waals surface area contributed by atoms with Gasteiger partial charge in [0.2, 0.25) is 21.8 Å². The number of anilines is 1. The molecule has 1 saturated carbocycles. The Balaban J connectivity index is 1.93. The molecule has 1 fully saturated rings. The van der Waals surface area contributed by atoms with E-state index < -0.39 is 28.5 Å². The fourth-order valence-electron chi connectivity index (χ4n) is 4.84. The largest absolute Gasteiger partial charge is 0.352 e. The molecule has 0 aromatic heterocycles. The molecule has 0 radical (unpaired) electrons. The van der Waals surface area contributed by atoms with Gasteiger partial charge in [-0.05, 0) is 54.0 Å². The molecule has 7 nitrogen and oxygen atoms in total. The molecule has 0 unspecified atom stereocenters. The summed E-state index contributed by atoms with van der Waals surface area (Å²) in [6.07, 6.45) is 5.46. The van der Waals surface area contributed by atoms with E-state index in [0.29, 0.717) is 22.7 Å². The van der Waals surface area contributed by atoms with E-state index in [1.165, 1.54) is 4.90 Å². The zero-order valence-electron chi connectivity index (χ0n) is 23.0. The predicted molar refractivity (Wildman–Crippen MR) is 154 cm³/mol. The van der Waals surface area contributed by atoms with Crippen molar-refractivity contribution in [3.8, 4) is 0 Å². The number of hydrogen-bond donors (Lipinski definition) is 1. The number of amides is 2. The van der Waals surface area contributed by atoms with Crippen molar-refractivity contribution in [1.29, 1.82) is 0 Å². The summed E-state index contributed by atoms with van der Waals surface area (Å²) in [5.74, 6) is -0.691. The molecule has 38 heavy (non-hydrogen) atoms. The predicted octanol–water partition coefficient (Wildman–Crippen LogP) is 5.27. The number of carbonyl (C=O) groups excluding carboxylic acids is 2. The van der Waals surface area contributed by atoms with Crippen LogP contribution in [0.25, 0.3) is 0 Å². The van der Waals surface area contributed by atoms with Crippen molar-refractivity contribution in [2.45, 2.75) is 83.8 Å². The summed E-state index contributed by atoms with van der Waals surface area (Å²) in [6.45, 7) is 7.75. The molecule has 1 aliphatic rings. The van der Waals surface area contributed by atoms with Gasteiger partial charge in [0, 0.05) is 17.6 Å². The van der Waals surface area contributed by atoms with Crippen molar-refractivity contribution in [2.75, 3.05) is 17.1 Å². The average molecular weight is 562 g/mol. The first-order valence-corrected chi connectivity index (χ1v) is 15.5. The first kappa shape index (κ1) is 30.0. The summed E-state index contributed by atoms with van der Waals surface area (Å²) in [5.41, 5.74) is 2.04. The molecule has 3 rings (SSSR count). The van der Waals surface area contributed by atoms with Gasteiger partial charge in [0.05, 0.1) is 11.9 Å². The van der Waals surface area contributed by atoms with Crippen LogP contribution in [0.3, 0.4) is 0 Å². The van der Waals surface area contributed by atoms with Crippen LogP contribution in [0.5, 0.6) is 0 Å². The first-order valence-electron chi connectivity index (χ1n) is 13.2. The first-order chi connectivity index (χ1) is 17.8. The van der Waals surface area contributed by atoms with Crippen molar-refractivity contribution >= 4 is 39.1 Å². The Morgan fingerprint density at radius 2 is 1.66 bits per heavy atom. The minimum atomic E-state index is -3.79. The van der Waals surface area contributed by atoms with E-state index >= 15 is 0 Å². The number of benzene rings is 2. The van der Waals surface area contributed by atoms with Gasteiger partial charge in [0.1, 0.15) is 12.6 Å². The summed E-state index contributed by atoms with van der Waals surface area (Å²) in [4.78, 5) is 28.7. The fraction of sp³-hybridized carbons (Fsp3) is 0.517. The number of rotatable bonds is 10. The molecule has 0 aliphatic heterocycles. The third-order valence-electron chi connectivity index (χ3n) is 7.09. The molecule has 1 aliphatic carbocycles. The van der Waals surface area contributed by atoms with Crippen LogP contribution in [0.4, 0.5) is 5.69 Å². The monoisotopic (exact) mass is 561 g/mol. The molecule has 1 atom stereocenters. The second-order valence-electron chi connectivity index (χ2n) is 11.1. The highest BCUT2D eigenvalue weighted by Gasteiger charge is 2.33. The number of nitrogens with zero attached hydrogens (tertiary/aromatic N) is 2. The third kappa shape index (κ3) is 7.73. The summed E-state index contributed by atoms with van der Waals surface area (Å²) in [6, 6.07) is 13.7. The van der Waals surface area contributed by atoms with E-state index in [1.54, 1.807) is 24.3 Å². The van der Waals surface area contributed by atoms with Crippen molar-refractivity contribution in [3.05, 3.63) is 64.7 Å². The van der Waals surface area contributed by atoms with Crippen LogP contribution in [0.15, 0.2) is 48.5 Å². The lowest BCUT2D eigenvalue weighted by molar-refractivity contribution is -0.140. The summed E-state index contributed by atoms with van der Waals surface area (Å²) in [5, 5.41) is 3.58. The smallest absolute Gasteiger partial charge is 0.244 e. The molecule has 0 heterocycles. The summed E-state index contributed by atoms with van der Waals surface area (Å²) >= 11 is 6.42. The summed E-state index contributed by atoms with van der Waals surface area (Å²) < 4.78 is 26.8. The van der Waals surface area contributed by atoms with Gasteiger partial charge in [-0.25, -0.2) is 8.42 Å². The third-order valence-corrected chi connectivity index (χ3v) is 8.60. The van der Waals surface area contributed by atoms with E-state index in [-0.39, 0.29) is 23.9 Å². The van der Waals surface area contributed by atoms with E-state index in [4.69, 9.17) is 11.6 Å². The van der Waals surface area contributed by atoms with Crippen LogP contribution in [-0.4, -0.2) is 50.0 Å². The van der Waals surface area contributed by atoms with Crippen LogP contribution in [0.2, 0.25) is 5.02 Å². The molecule has 208 valence electrons. The zero-order valence-corrected chi connectivity index (χ0v) is 24.6. The molecule has 0 spiro atoms. The Bertz CT molecular complexity index is 1220. The van der Waals surface area contributed by atoms with E-state index in [0.717, 1.165) is 41.8 Å². The standard InChI is InChI=1S/C29H40ClN3O4S/c1-6-26(28(35)31-23-12-8-9-13-23)32(19-21-11-7-10-14-25(21)30)27(34)20-33(38(5,36)37)24-17-15-22(16-18-24)29(2,3)4/h7,10-11,14-18,23,26H,6,8-9,12-13,19-20H2,1-5H3,(H,31,35)/t26-/m1/s1. The number of nitrogens with one attached hydrogen (secondary N) is 1. The SMILES string of the molecule is CC[C@H](C(=O)NC1CCCC1)N(Cc1ccccc1Cl)C(=O)CN(c1ccc(C(C)(C)C)cc1)S(C)(=O)=O. The van der Waals surface area contributed by atoms with Crippen LogP contribution >= 0.6 is 11.6 Å². The number of sulfonamides is 1. The minimum Gasteiger partial charge on any atom is -0.352 e. The molecule has 9 heteroatoms. The Morgan fingerprint density at radius 1 is 1.05 bits per heavy atom. The lowest BCUT2D eigenvalue weighted by Crippen LogP contribution is -2.53. The van der Waals surface area contributed by atoms with Gasteiger partial charge >= 0.3 is 0 Å². The minimum absolute atomic E-state index is 0.0929. The summed E-state index contributed by atoms with van der Waals surface area (Å²) in [7, 11) is -3.79. The Morgan fingerprint density at radius 3 is 2.18 bits per heavy atom. The molecule has 2 amide bonds. The highest BCUT2D eigenvalue weighted by Crippen LogP contribution is 2.27. The van der Waals surface area contributed by atoms with Crippen molar-refractivity contribution in [1.82, 2.24) is 10.2 Å². The molecule has 2 aromatic carbocycles. The lowest BCUT2D eigenvalue weighted by atomic mass is 9.87. The van der Waals surface area contributed by atoms with Crippen molar-refractivity contribution in [3.63, 3.8) is 0 Å². The van der Waals surface area contributed by atoms with Gasteiger partial charge in [0.15, 0.2) is 0 Å². The van der Waals surface area contributed by atoms with Gasteiger partial charge < -0.3 is 10.2 Å². The maximum absolute atomic E-state index is 13.9. The normalized spacial score (nSPS) is 15.2. The molecular formula is C29H40ClN3O4S. The zero-order chi connectivity index (χ0) is 28.1. The molecular weight excluding hydrogens is 522 g/mol. The van der Waals surface area contributed by atoms with Crippen molar-refractivity contribution in [2.24, 2.45) is 0 Å².